The van der Waals surface area contributed by atoms with Crippen molar-refractivity contribution in [2.75, 3.05) is 38.7 Å². The Bertz CT molecular complexity index is 424. The highest BCUT2D eigenvalue weighted by Crippen LogP contribution is 2.35. The summed E-state index contributed by atoms with van der Waals surface area (Å²) in [4.78, 5) is 13.1. The molecule has 1 aromatic rings. The molecule has 0 spiro atoms. The second-order valence-electron chi connectivity index (χ2n) is 6.47. The number of hydrogen-bond acceptors (Lipinski definition) is 5. The lowest BCUT2D eigenvalue weighted by Gasteiger charge is -2.40. The molecule has 1 aliphatic heterocycles. The summed E-state index contributed by atoms with van der Waals surface area (Å²) in [5, 5.41) is 9.69. The van der Waals surface area contributed by atoms with Gasteiger partial charge in [-0.05, 0) is 37.8 Å². The van der Waals surface area contributed by atoms with Crippen LogP contribution in [0.2, 0.25) is 0 Å². The number of likely N-dealkylation sites (tertiary alicyclic amines) is 1. The van der Waals surface area contributed by atoms with E-state index in [-0.39, 0.29) is 5.41 Å². The monoisotopic (exact) mass is 292 g/mol. The summed E-state index contributed by atoms with van der Waals surface area (Å²) >= 11 is 0. The quantitative estimate of drug-likeness (QED) is 0.868. The van der Waals surface area contributed by atoms with Crippen molar-refractivity contribution in [1.82, 2.24) is 14.9 Å². The molecule has 118 valence electrons. The molecule has 0 atom stereocenters. The molecule has 1 fully saturated rings. The number of hydrogen-bond donors (Lipinski definition) is 1. The fraction of sp³-hybridized carbons (Fsp3) is 0.750. The molecule has 2 rings (SSSR count). The Hall–Kier alpha value is -1.20. The molecule has 0 amide bonds. The molecule has 1 saturated heterocycles. The zero-order chi connectivity index (χ0) is 15.3. The highest BCUT2D eigenvalue weighted by molar-refractivity contribution is 5.26. The molecule has 0 aliphatic carbocycles. The Morgan fingerprint density at radius 1 is 1.24 bits per heavy atom. The minimum atomic E-state index is 0.163. The van der Waals surface area contributed by atoms with Crippen molar-refractivity contribution in [2.24, 2.45) is 5.41 Å². The van der Waals surface area contributed by atoms with Gasteiger partial charge in [0, 0.05) is 45.2 Å². The van der Waals surface area contributed by atoms with E-state index >= 15 is 0 Å². The third-order valence-electron chi connectivity index (χ3n) is 4.53. The number of aliphatic hydroxyl groups is 1. The predicted molar refractivity (Wildman–Crippen MR) is 85.3 cm³/mol. The summed E-state index contributed by atoms with van der Waals surface area (Å²) in [5.41, 5.74) is 1.32. The number of nitrogens with zero attached hydrogens (tertiary/aromatic N) is 4. The predicted octanol–water partition coefficient (Wildman–Crippen LogP) is 1.92. The van der Waals surface area contributed by atoms with E-state index < -0.39 is 0 Å². The second-order valence-corrected chi connectivity index (χ2v) is 6.47. The lowest BCUT2D eigenvalue weighted by atomic mass is 9.75. The van der Waals surface area contributed by atoms with E-state index in [9.17, 15) is 5.11 Å². The van der Waals surface area contributed by atoms with Gasteiger partial charge in [-0.2, -0.15) is 0 Å². The fourth-order valence-electron chi connectivity index (χ4n) is 3.12. The number of aromatic nitrogens is 2. The van der Waals surface area contributed by atoms with Crippen LogP contribution in [0.25, 0.3) is 0 Å². The Balaban J connectivity index is 1.88. The van der Waals surface area contributed by atoms with E-state index in [1.807, 2.05) is 31.4 Å². The summed E-state index contributed by atoms with van der Waals surface area (Å²) < 4.78 is 0. The highest BCUT2D eigenvalue weighted by atomic mass is 16.3. The van der Waals surface area contributed by atoms with Crippen LogP contribution in [0.1, 0.15) is 38.2 Å². The molecule has 1 aliphatic rings. The van der Waals surface area contributed by atoms with Crippen LogP contribution in [0, 0.1) is 5.41 Å². The molecule has 0 radical (unpaired) electrons. The van der Waals surface area contributed by atoms with Crippen LogP contribution in [0.3, 0.4) is 0 Å². The van der Waals surface area contributed by atoms with Gasteiger partial charge in [0.2, 0.25) is 5.95 Å². The molecule has 0 aromatic carbocycles. The molecular formula is C16H28N4O. The van der Waals surface area contributed by atoms with Crippen LogP contribution in [-0.4, -0.2) is 53.8 Å². The van der Waals surface area contributed by atoms with Crippen LogP contribution in [-0.2, 0) is 6.54 Å². The van der Waals surface area contributed by atoms with Gasteiger partial charge in [-0.25, -0.2) is 9.97 Å². The molecule has 2 heterocycles. The standard InChI is InChI=1S/C16H28N4O/c1-4-5-16(13-21)6-8-20(9-7-16)12-14-10-17-15(18-11-14)19(2)3/h10-11,21H,4-9,12-13H2,1-3H3. The number of rotatable bonds is 6. The van der Waals surface area contributed by atoms with Crippen molar-refractivity contribution in [3.8, 4) is 0 Å². The lowest BCUT2D eigenvalue weighted by molar-refractivity contribution is 0.0338. The minimum Gasteiger partial charge on any atom is -0.396 e. The van der Waals surface area contributed by atoms with Crippen molar-refractivity contribution >= 4 is 5.95 Å². The maximum Gasteiger partial charge on any atom is 0.224 e. The van der Waals surface area contributed by atoms with Gasteiger partial charge in [0.1, 0.15) is 0 Å². The molecule has 1 aromatic heterocycles. The SMILES string of the molecule is CCCC1(CO)CCN(Cc2cnc(N(C)C)nc2)CC1. The van der Waals surface area contributed by atoms with E-state index in [4.69, 9.17) is 0 Å². The van der Waals surface area contributed by atoms with Gasteiger partial charge in [0.25, 0.3) is 0 Å². The van der Waals surface area contributed by atoms with Crippen molar-refractivity contribution in [1.29, 1.82) is 0 Å². The number of aliphatic hydroxyl groups excluding tert-OH is 1. The first-order valence-electron chi connectivity index (χ1n) is 7.90. The Labute approximate surface area is 128 Å². The first-order chi connectivity index (χ1) is 10.1. The maximum absolute atomic E-state index is 9.69. The van der Waals surface area contributed by atoms with Gasteiger partial charge >= 0.3 is 0 Å². The molecule has 5 heteroatoms. The molecule has 0 bridgehead atoms. The van der Waals surface area contributed by atoms with Crippen LogP contribution in [0.5, 0.6) is 0 Å². The zero-order valence-corrected chi connectivity index (χ0v) is 13.5. The Morgan fingerprint density at radius 2 is 1.86 bits per heavy atom. The van der Waals surface area contributed by atoms with Gasteiger partial charge in [-0.15, -0.1) is 0 Å². The minimum absolute atomic E-state index is 0.163. The van der Waals surface area contributed by atoms with Crippen molar-refractivity contribution < 1.29 is 5.11 Å². The van der Waals surface area contributed by atoms with Crippen molar-refractivity contribution in [3.05, 3.63) is 18.0 Å². The Kier molecular flexibility index (Phi) is 5.53. The van der Waals surface area contributed by atoms with Crippen molar-refractivity contribution in [3.63, 3.8) is 0 Å². The second kappa shape index (κ2) is 7.18. The van der Waals surface area contributed by atoms with E-state index in [0.29, 0.717) is 6.61 Å². The normalized spacial score (nSPS) is 18.7. The van der Waals surface area contributed by atoms with Gasteiger partial charge in [-0.3, -0.25) is 4.90 Å². The molecule has 0 unspecified atom stereocenters. The topological polar surface area (TPSA) is 52.5 Å². The third-order valence-corrected chi connectivity index (χ3v) is 4.53. The summed E-state index contributed by atoms with van der Waals surface area (Å²) in [6, 6.07) is 0. The zero-order valence-electron chi connectivity index (χ0n) is 13.5. The average molecular weight is 292 g/mol. The number of piperidine rings is 1. The highest BCUT2D eigenvalue weighted by Gasteiger charge is 2.32. The maximum atomic E-state index is 9.69. The number of anilines is 1. The summed E-state index contributed by atoms with van der Waals surface area (Å²) in [5.74, 6) is 0.750. The summed E-state index contributed by atoms with van der Waals surface area (Å²) in [6.07, 6.45) is 8.31. The molecule has 1 N–H and O–H groups in total. The van der Waals surface area contributed by atoms with E-state index in [1.54, 1.807) is 0 Å². The Morgan fingerprint density at radius 3 is 2.33 bits per heavy atom. The van der Waals surface area contributed by atoms with Gasteiger partial charge in [0.15, 0.2) is 0 Å². The molecule has 21 heavy (non-hydrogen) atoms. The smallest absolute Gasteiger partial charge is 0.224 e. The van der Waals surface area contributed by atoms with Gasteiger partial charge in [0.05, 0.1) is 0 Å². The summed E-state index contributed by atoms with van der Waals surface area (Å²) in [6.45, 7) is 5.54. The third kappa shape index (κ3) is 4.14. The van der Waals surface area contributed by atoms with Crippen LogP contribution >= 0.6 is 0 Å². The lowest BCUT2D eigenvalue weighted by Crippen LogP contribution is -2.41. The average Bonchev–Trinajstić information content (AvgIpc) is 2.50. The molecule has 5 nitrogen and oxygen atoms in total. The molecular weight excluding hydrogens is 264 g/mol. The van der Waals surface area contributed by atoms with Crippen LogP contribution in [0.4, 0.5) is 5.95 Å². The molecule has 0 saturated carbocycles. The van der Waals surface area contributed by atoms with Crippen LogP contribution in [0.15, 0.2) is 12.4 Å². The van der Waals surface area contributed by atoms with Crippen molar-refractivity contribution in [2.45, 2.75) is 39.2 Å². The van der Waals surface area contributed by atoms with E-state index in [1.165, 1.54) is 0 Å². The van der Waals surface area contributed by atoms with Gasteiger partial charge in [-0.1, -0.05) is 13.3 Å². The van der Waals surface area contributed by atoms with E-state index in [2.05, 4.69) is 21.8 Å². The van der Waals surface area contributed by atoms with Crippen LogP contribution < -0.4 is 4.90 Å². The first kappa shape index (κ1) is 16.2. The summed E-state index contributed by atoms with van der Waals surface area (Å²) in [7, 11) is 3.89. The fourth-order valence-corrected chi connectivity index (χ4v) is 3.12. The van der Waals surface area contributed by atoms with Gasteiger partial charge < -0.3 is 10.0 Å². The first-order valence-corrected chi connectivity index (χ1v) is 7.90. The van der Waals surface area contributed by atoms with E-state index in [0.717, 1.165) is 56.8 Å². The largest absolute Gasteiger partial charge is 0.396 e.